The molecule has 2 rings (SSSR count). The number of nitrogens with two attached hydrogens (primary N) is 1. The molecule has 0 heterocycles. The van der Waals surface area contributed by atoms with Gasteiger partial charge in [-0.25, -0.2) is 0 Å². The van der Waals surface area contributed by atoms with E-state index in [1.165, 1.54) is 0 Å². The van der Waals surface area contributed by atoms with Gasteiger partial charge in [-0.05, 0) is 30.5 Å². The number of hydrogen-bond acceptors (Lipinski definition) is 4. The summed E-state index contributed by atoms with van der Waals surface area (Å²) in [7, 11) is 0. The van der Waals surface area contributed by atoms with Crippen molar-refractivity contribution in [3.8, 4) is 11.5 Å². The minimum absolute atomic E-state index is 0.593. The topological polar surface area (TPSA) is 44.5 Å². The van der Waals surface area contributed by atoms with E-state index in [0.29, 0.717) is 18.9 Å². The molecule has 0 spiro atoms. The third kappa shape index (κ3) is 4.10. The van der Waals surface area contributed by atoms with Crippen LogP contribution < -0.4 is 15.2 Å². The summed E-state index contributed by atoms with van der Waals surface area (Å²) in [5.41, 5.74) is 6.47. The highest BCUT2D eigenvalue weighted by Crippen LogP contribution is 2.27. The van der Waals surface area contributed by atoms with Crippen LogP contribution in [0.2, 0.25) is 0 Å². The van der Waals surface area contributed by atoms with E-state index in [1.807, 2.05) is 48.7 Å². The van der Waals surface area contributed by atoms with Gasteiger partial charge in [0.2, 0.25) is 0 Å². The molecule has 0 radical (unpaired) electrons. The Morgan fingerprint density at radius 2 is 1.50 bits per heavy atom. The molecule has 3 nitrogen and oxygen atoms in total. The van der Waals surface area contributed by atoms with Gasteiger partial charge in [0.25, 0.3) is 0 Å². The molecule has 0 aliphatic carbocycles. The maximum absolute atomic E-state index is 5.81. The van der Waals surface area contributed by atoms with Gasteiger partial charge in [0.05, 0.1) is 18.9 Å². The summed E-state index contributed by atoms with van der Waals surface area (Å²) in [4.78, 5) is 1.15. The Morgan fingerprint density at radius 1 is 0.900 bits per heavy atom. The lowest BCUT2D eigenvalue weighted by atomic mass is 10.3. The van der Waals surface area contributed by atoms with Crippen molar-refractivity contribution in [2.24, 2.45) is 0 Å². The van der Waals surface area contributed by atoms with Gasteiger partial charge in [-0.15, -0.1) is 11.8 Å². The van der Waals surface area contributed by atoms with Crippen molar-refractivity contribution in [2.75, 3.05) is 25.2 Å². The Kier molecular flexibility index (Phi) is 5.62. The molecular weight excluding hydrogens is 270 g/mol. The van der Waals surface area contributed by atoms with Crippen LogP contribution in [0, 0.1) is 0 Å². The van der Waals surface area contributed by atoms with Crippen molar-refractivity contribution < 1.29 is 9.47 Å². The molecule has 0 aliphatic rings. The van der Waals surface area contributed by atoms with Crippen molar-refractivity contribution >= 4 is 17.4 Å². The first-order chi connectivity index (χ1) is 9.81. The summed E-state index contributed by atoms with van der Waals surface area (Å²) in [5.74, 6) is 1.66. The van der Waals surface area contributed by atoms with Crippen molar-refractivity contribution in [3.05, 3.63) is 48.5 Å². The lowest BCUT2D eigenvalue weighted by Crippen LogP contribution is -2.06. The second-order valence-corrected chi connectivity index (χ2v) is 5.09. The highest BCUT2D eigenvalue weighted by molar-refractivity contribution is 7.98. The molecule has 0 bridgehead atoms. The summed E-state index contributed by atoms with van der Waals surface area (Å²) in [5, 5.41) is 0. The molecule has 2 N–H and O–H groups in total. The summed E-state index contributed by atoms with van der Waals surface area (Å²) in [6.45, 7) is 1.22. The summed E-state index contributed by atoms with van der Waals surface area (Å²) < 4.78 is 11.4. The van der Waals surface area contributed by atoms with Crippen molar-refractivity contribution in [3.63, 3.8) is 0 Å². The molecule has 0 atom stereocenters. The number of hydrogen-bond donors (Lipinski definition) is 1. The van der Waals surface area contributed by atoms with E-state index >= 15 is 0 Å². The highest BCUT2D eigenvalue weighted by Gasteiger charge is 2.02. The van der Waals surface area contributed by atoms with E-state index in [4.69, 9.17) is 15.2 Å². The van der Waals surface area contributed by atoms with Gasteiger partial charge in [-0.1, -0.05) is 24.3 Å². The molecular formula is C16H19NO2S. The number of benzene rings is 2. The highest BCUT2D eigenvalue weighted by atomic mass is 32.2. The molecule has 0 amide bonds. The maximum atomic E-state index is 5.81. The van der Waals surface area contributed by atoms with Crippen LogP contribution in [-0.2, 0) is 0 Å². The monoisotopic (exact) mass is 289 g/mol. The first kappa shape index (κ1) is 14.6. The Bertz CT molecular complexity index is 546. The van der Waals surface area contributed by atoms with Crippen LogP contribution in [0.25, 0.3) is 0 Å². The van der Waals surface area contributed by atoms with Crippen LogP contribution in [0.3, 0.4) is 0 Å². The average molecular weight is 289 g/mol. The summed E-state index contributed by atoms with van der Waals surface area (Å²) in [6, 6.07) is 15.6. The third-order valence-electron chi connectivity index (χ3n) is 2.79. The van der Waals surface area contributed by atoms with Crippen LogP contribution in [0.4, 0.5) is 5.69 Å². The van der Waals surface area contributed by atoms with Crippen molar-refractivity contribution in [1.82, 2.24) is 0 Å². The molecule has 20 heavy (non-hydrogen) atoms. The SMILES string of the molecule is CSc1ccccc1OCCCOc1ccccc1N. The van der Waals surface area contributed by atoms with E-state index in [0.717, 1.165) is 22.8 Å². The fourth-order valence-electron chi connectivity index (χ4n) is 1.77. The van der Waals surface area contributed by atoms with E-state index in [-0.39, 0.29) is 0 Å². The zero-order valence-electron chi connectivity index (χ0n) is 11.5. The lowest BCUT2D eigenvalue weighted by molar-refractivity contribution is 0.245. The summed E-state index contributed by atoms with van der Waals surface area (Å²) in [6.07, 6.45) is 2.86. The molecule has 0 saturated carbocycles. The molecule has 106 valence electrons. The van der Waals surface area contributed by atoms with E-state index in [9.17, 15) is 0 Å². The van der Waals surface area contributed by atoms with Crippen molar-refractivity contribution in [1.29, 1.82) is 0 Å². The molecule has 2 aromatic carbocycles. The van der Waals surface area contributed by atoms with Gasteiger partial charge < -0.3 is 15.2 Å². The second-order valence-electron chi connectivity index (χ2n) is 4.24. The second kappa shape index (κ2) is 7.70. The number of thioether (sulfide) groups is 1. The lowest BCUT2D eigenvalue weighted by Gasteiger charge is -2.11. The van der Waals surface area contributed by atoms with Crippen LogP contribution in [-0.4, -0.2) is 19.5 Å². The Balaban J connectivity index is 1.73. The minimum Gasteiger partial charge on any atom is -0.492 e. The Morgan fingerprint density at radius 3 is 2.20 bits per heavy atom. The summed E-state index contributed by atoms with van der Waals surface area (Å²) >= 11 is 1.69. The van der Waals surface area contributed by atoms with Gasteiger partial charge in [0, 0.05) is 11.3 Å². The molecule has 4 heteroatoms. The first-order valence-corrected chi connectivity index (χ1v) is 7.77. The van der Waals surface area contributed by atoms with Crippen LogP contribution in [0.5, 0.6) is 11.5 Å². The maximum Gasteiger partial charge on any atom is 0.142 e. The molecule has 2 aromatic rings. The zero-order chi connectivity index (χ0) is 14.2. The predicted octanol–water partition coefficient (Wildman–Crippen LogP) is 3.84. The normalized spacial score (nSPS) is 10.2. The standard InChI is InChI=1S/C16H19NO2S/c1-20-16-10-5-4-9-15(16)19-12-6-11-18-14-8-3-2-7-13(14)17/h2-5,7-10H,6,11-12,17H2,1H3. The Hall–Kier alpha value is -1.81. The number of ether oxygens (including phenoxy) is 2. The zero-order valence-corrected chi connectivity index (χ0v) is 12.4. The molecule has 0 aromatic heterocycles. The molecule has 0 aliphatic heterocycles. The van der Waals surface area contributed by atoms with E-state index in [2.05, 4.69) is 6.07 Å². The minimum atomic E-state index is 0.593. The first-order valence-electron chi connectivity index (χ1n) is 6.54. The Labute approximate surface area is 124 Å². The molecule has 0 unspecified atom stereocenters. The number of nitrogen functional groups attached to an aromatic ring is 1. The van der Waals surface area contributed by atoms with Crippen LogP contribution in [0.15, 0.2) is 53.4 Å². The average Bonchev–Trinajstić information content (AvgIpc) is 2.49. The smallest absolute Gasteiger partial charge is 0.142 e. The van der Waals surface area contributed by atoms with Gasteiger partial charge in [0.15, 0.2) is 0 Å². The van der Waals surface area contributed by atoms with Crippen molar-refractivity contribution in [2.45, 2.75) is 11.3 Å². The van der Waals surface area contributed by atoms with Crippen LogP contribution in [0.1, 0.15) is 6.42 Å². The quantitative estimate of drug-likeness (QED) is 0.478. The number of anilines is 1. The van der Waals surface area contributed by atoms with Gasteiger partial charge >= 0.3 is 0 Å². The number of rotatable bonds is 7. The van der Waals surface area contributed by atoms with Crippen LogP contribution >= 0.6 is 11.8 Å². The number of para-hydroxylation sites is 3. The largest absolute Gasteiger partial charge is 0.492 e. The fourth-order valence-corrected chi connectivity index (χ4v) is 2.32. The van der Waals surface area contributed by atoms with Gasteiger partial charge in [0.1, 0.15) is 11.5 Å². The third-order valence-corrected chi connectivity index (χ3v) is 3.57. The van der Waals surface area contributed by atoms with E-state index < -0.39 is 0 Å². The van der Waals surface area contributed by atoms with E-state index in [1.54, 1.807) is 11.8 Å². The molecule has 0 fully saturated rings. The fraction of sp³-hybridized carbons (Fsp3) is 0.250. The van der Waals surface area contributed by atoms with Gasteiger partial charge in [-0.3, -0.25) is 0 Å². The molecule has 0 saturated heterocycles. The predicted molar refractivity (Wildman–Crippen MR) is 84.7 cm³/mol. The van der Waals surface area contributed by atoms with Gasteiger partial charge in [-0.2, -0.15) is 0 Å².